The van der Waals surface area contributed by atoms with Gasteiger partial charge in [0.2, 0.25) is 0 Å². The number of piperidine rings is 1. The minimum absolute atomic E-state index is 0.0102. The van der Waals surface area contributed by atoms with E-state index in [2.05, 4.69) is 0 Å². The molecule has 2 aliphatic heterocycles. The number of sulfone groups is 1. The van der Waals surface area contributed by atoms with Crippen LogP contribution in [0.1, 0.15) is 26.7 Å². The standard InChI is InChI=1S/C20H28N2O6S2/c1-14(2)28-19(23)21-10-8-16(9-11-21)27-13-17-12-22(20(24)29-17)15-4-6-18(7-5-15)30(3,25)26/h4-7,14,16-17H,8-13H2,1-3H3. The second kappa shape index (κ2) is 9.57. The Morgan fingerprint density at radius 2 is 1.83 bits per heavy atom. The van der Waals surface area contributed by atoms with Gasteiger partial charge in [-0.05, 0) is 51.0 Å². The van der Waals surface area contributed by atoms with E-state index in [1.54, 1.807) is 21.9 Å². The fourth-order valence-corrected chi connectivity index (χ4v) is 5.01. The fraction of sp³-hybridized carbons (Fsp3) is 0.600. The molecule has 1 unspecified atom stereocenters. The summed E-state index contributed by atoms with van der Waals surface area (Å²) < 4.78 is 34.4. The van der Waals surface area contributed by atoms with Crippen LogP contribution in [0.15, 0.2) is 29.2 Å². The maximum Gasteiger partial charge on any atom is 0.410 e. The lowest BCUT2D eigenvalue weighted by atomic mass is 10.1. The van der Waals surface area contributed by atoms with Gasteiger partial charge in [0.15, 0.2) is 9.84 Å². The number of ether oxygens (including phenoxy) is 2. The molecule has 0 saturated carbocycles. The summed E-state index contributed by atoms with van der Waals surface area (Å²) in [7, 11) is -3.27. The Hall–Kier alpha value is -1.78. The Balaban J connectivity index is 1.46. The number of carbonyl (C=O) groups excluding carboxylic acids is 2. The molecule has 2 fully saturated rings. The number of hydrogen-bond donors (Lipinski definition) is 0. The van der Waals surface area contributed by atoms with Gasteiger partial charge >= 0.3 is 6.09 Å². The maximum atomic E-state index is 12.4. The quantitative estimate of drug-likeness (QED) is 0.649. The van der Waals surface area contributed by atoms with Crippen LogP contribution in [0.2, 0.25) is 0 Å². The summed E-state index contributed by atoms with van der Waals surface area (Å²) in [6.07, 6.45) is 2.30. The van der Waals surface area contributed by atoms with Crippen molar-refractivity contribution in [2.45, 2.75) is 49.0 Å². The van der Waals surface area contributed by atoms with Crippen molar-refractivity contribution in [3.63, 3.8) is 0 Å². The number of likely N-dealkylation sites (tertiary alicyclic amines) is 1. The highest BCUT2D eigenvalue weighted by atomic mass is 32.2. The summed E-state index contributed by atoms with van der Waals surface area (Å²) in [4.78, 5) is 27.9. The number of benzene rings is 1. The number of rotatable bonds is 6. The first kappa shape index (κ1) is 22.9. The second-order valence-corrected chi connectivity index (χ2v) is 11.1. The third-order valence-corrected chi connectivity index (χ3v) is 7.17. The summed E-state index contributed by atoms with van der Waals surface area (Å²) >= 11 is 1.24. The molecule has 0 N–H and O–H groups in total. The highest BCUT2D eigenvalue weighted by Gasteiger charge is 2.33. The van der Waals surface area contributed by atoms with Crippen LogP contribution in [0.25, 0.3) is 0 Å². The fourth-order valence-electron chi connectivity index (χ4n) is 3.42. The van der Waals surface area contributed by atoms with Gasteiger partial charge in [0.1, 0.15) is 0 Å². The van der Waals surface area contributed by atoms with Gasteiger partial charge in [0.05, 0.1) is 29.0 Å². The highest BCUT2D eigenvalue weighted by molar-refractivity contribution is 8.14. The molecule has 1 aromatic rings. The van der Waals surface area contributed by atoms with E-state index in [0.29, 0.717) is 31.9 Å². The van der Waals surface area contributed by atoms with Crippen molar-refractivity contribution in [2.75, 3.05) is 37.4 Å². The molecule has 10 heteroatoms. The minimum Gasteiger partial charge on any atom is -0.447 e. The van der Waals surface area contributed by atoms with Crippen LogP contribution in [0.4, 0.5) is 15.3 Å². The van der Waals surface area contributed by atoms with E-state index in [9.17, 15) is 18.0 Å². The van der Waals surface area contributed by atoms with Crippen LogP contribution in [0, 0.1) is 0 Å². The van der Waals surface area contributed by atoms with Crippen molar-refractivity contribution in [2.24, 2.45) is 0 Å². The number of carbonyl (C=O) groups is 2. The monoisotopic (exact) mass is 456 g/mol. The molecule has 3 rings (SSSR count). The second-order valence-electron chi connectivity index (χ2n) is 7.83. The van der Waals surface area contributed by atoms with E-state index in [-0.39, 0.29) is 33.7 Å². The molecule has 0 radical (unpaired) electrons. The SMILES string of the molecule is CC(C)OC(=O)N1CCC(OCC2CN(c3ccc(S(C)(=O)=O)cc3)C(=O)S2)CC1. The van der Waals surface area contributed by atoms with E-state index in [1.165, 1.54) is 23.9 Å². The minimum atomic E-state index is -3.27. The molecule has 1 aromatic carbocycles. The smallest absolute Gasteiger partial charge is 0.410 e. The molecule has 2 aliphatic rings. The Morgan fingerprint density at radius 3 is 2.40 bits per heavy atom. The largest absolute Gasteiger partial charge is 0.447 e. The third-order valence-electron chi connectivity index (χ3n) is 5.01. The average Bonchev–Trinajstić information content (AvgIpc) is 3.06. The molecule has 0 bridgehead atoms. The van der Waals surface area contributed by atoms with Crippen molar-refractivity contribution in [3.05, 3.63) is 24.3 Å². The summed E-state index contributed by atoms with van der Waals surface area (Å²) in [5.41, 5.74) is 0.680. The Labute approximate surface area is 181 Å². The van der Waals surface area contributed by atoms with Gasteiger partial charge < -0.3 is 19.3 Å². The first-order valence-corrected chi connectivity index (χ1v) is 12.8. The highest BCUT2D eigenvalue weighted by Crippen LogP contribution is 2.31. The number of thioether (sulfide) groups is 1. The molecule has 2 heterocycles. The predicted molar refractivity (Wildman–Crippen MR) is 116 cm³/mol. The summed E-state index contributed by atoms with van der Waals surface area (Å²) in [5.74, 6) is 0. The number of hydrogen-bond acceptors (Lipinski definition) is 7. The van der Waals surface area contributed by atoms with Gasteiger partial charge in [-0.1, -0.05) is 11.8 Å². The van der Waals surface area contributed by atoms with E-state index < -0.39 is 9.84 Å². The number of amides is 2. The van der Waals surface area contributed by atoms with E-state index in [1.807, 2.05) is 13.8 Å². The zero-order valence-corrected chi connectivity index (χ0v) is 19.1. The molecular formula is C20H28N2O6S2. The van der Waals surface area contributed by atoms with Crippen molar-refractivity contribution < 1.29 is 27.5 Å². The number of nitrogens with zero attached hydrogens (tertiary/aromatic N) is 2. The summed E-state index contributed by atoms with van der Waals surface area (Å²) in [5, 5.41) is -0.0574. The predicted octanol–water partition coefficient (Wildman–Crippen LogP) is 3.16. The lowest BCUT2D eigenvalue weighted by Crippen LogP contribution is -2.42. The zero-order chi connectivity index (χ0) is 21.9. The van der Waals surface area contributed by atoms with Gasteiger partial charge in [0.25, 0.3) is 5.24 Å². The van der Waals surface area contributed by atoms with E-state index in [4.69, 9.17) is 9.47 Å². The van der Waals surface area contributed by atoms with Gasteiger partial charge in [0, 0.05) is 31.6 Å². The molecule has 8 nitrogen and oxygen atoms in total. The van der Waals surface area contributed by atoms with Gasteiger partial charge in [-0.2, -0.15) is 0 Å². The van der Waals surface area contributed by atoms with E-state index in [0.717, 1.165) is 19.1 Å². The lowest BCUT2D eigenvalue weighted by Gasteiger charge is -2.32. The third kappa shape index (κ3) is 5.89. The molecular weight excluding hydrogens is 428 g/mol. The molecule has 30 heavy (non-hydrogen) atoms. The summed E-state index contributed by atoms with van der Waals surface area (Å²) in [6, 6.07) is 6.35. The first-order chi connectivity index (χ1) is 14.1. The van der Waals surface area contributed by atoms with E-state index >= 15 is 0 Å². The Bertz CT molecular complexity index is 864. The molecule has 166 valence electrons. The van der Waals surface area contributed by atoms with Crippen LogP contribution < -0.4 is 4.90 Å². The number of anilines is 1. The van der Waals surface area contributed by atoms with Gasteiger partial charge in [-0.3, -0.25) is 4.79 Å². The average molecular weight is 457 g/mol. The van der Waals surface area contributed by atoms with Gasteiger partial charge in [-0.25, -0.2) is 13.2 Å². The summed E-state index contributed by atoms with van der Waals surface area (Å²) in [6.45, 7) is 5.84. The Kier molecular flexibility index (Phi) is 7.30. The molecule has 2 amide bonds. The normalized spacial score (nSPS) is 20.8. The van der Waals surface area contributed by atoms with Crippen LogP contribution in [-0.4, -0.2) is 74.6 Å². The lowest BCUT2D eigenvalue weighted by molar-refractivity contribution is 0.00355. The topological polar surface area (TPSA) is 93.2 Å². The molecule has 1 atom stereocenters. The molecule has 2 saturated heterocycles. The van der Waals surface area contributed by atoms with Crippen LogP contribution in [-0.2, 0) is 19.3 Å². The zero-order valence-electron chi connectivity index (χ0n) is 17.4. The van der Waals surface area contributed by atoms with Gasteiger partial charge in [-0.15, -0.1) is 0 Å². The first-order valence-electron chi connectivity index (χ1n) is 9.99. The van der Waals surface area contributed by atoms with Crippen molar-refractivity contribution in [1.82, 2.24) is 4.90 Å². The van der Waals surface area contributed by atoms with Crippen LogP contribution in [0.3, 0.4) is 0 Å². The van der Waals surface area contributed by atoms with Crippen molar-refractivity contribution >= 4 is 38.6 Å². The molecule has 0 aromatic heterocycles. The molecule has 0 spiro atoms. The Morgan fingerprint density at radius 1 is 1.20 bits per heavy atom. The van der Waals surface area contributed by atoms with Crippen LogP contribution >= 0.6 is 11.8 Å². The maximum absolute atomic E-state index is 12.4. The van der Waals surface area contributed by atoms with Crippen LogP contribution in [0.5, 0.6) is 0 Å². The van der Waals surface area contributed by atoms with Crippen molar-refractivity contribution in [3.8, 4) is 0 Å². The molecule has 0 aliphatic carbocycles. The van der Waals surface area contributed by atoms with Crippen molar-refractivity contribution in [1.29, 1.82) is 0 Å².